The number of anilines is 1. The lowest BCUT2D eigenvalue weighted by Crippen LogP contribution is -2.47. The molecule has 0 radical (unpaired) electrons. The lowest BCUT2D eigenvalue weighted by molar-refractivity contribution is -0.116. The molecule has 4 rings (SSSR count). The average Bonchev–Trinajstić information content (AvgIpc) is 3.34. The number of carbonyl (C=O) groups excluding carboxylic acids is 2. The number of benzene rings is 1. The van der Waals surface area contributed by atoms with Gasteiger partial charge in [0.25, 0.3) is 0 Å². The van der Waals surface area contributed by atoms with Crippen molar-refractivity contribution in [3.8, 4) is 0 Å². The summed E-state index contributed by atoms with van der Waals surface area (Å²) in [6.07, 6.45) is 2.95. The Morgan fingerprint density at radius 2 is 1.90 bits per heavy atom. The molecule has 2 saturated heterocycles. The summed E-state index contributed by atoms with van der Waals surface area (Å²) < 4.78 is 10.2. The molecule has 1 spiro atoms. The van der Waals surface area contributed by atoms with Gasteiger partial charge < -0.3 is 24.2 Å². The predicted octanol–water partition coefficient (Wildman–Crippen LogP) is 2.49. The molecular weight excluding hydrogens is 382 g/mol. The van der Waals surface area contributed by atoms with Crippen molar-refractivity contribution < 1.29 is 19.1 Å². The maximum absolute atomic E-state index is 12.2. The van der Waals surface area contributed by atoms with E-state index in [9.17, 15) is 9.59 Å². The third kappa shape index (κ3) is 4.18. The second kappa shape index (κ2) is 8.94. The van der Waals surface area contributed by atoms with Crippen LogP contribution in [0.5, 0.6) is 0 Å². The van der Waals surface area contributed by atoms with Crippen molar-refractivity contribution in [2.75, 3.05) is 64.5 Å². The lowest BCUT2D eigenvalue weighted by Gasteiger charge is -2.40. The number of nitrogens with zero attached hydrogens (tertiary/aromatic N) is 3. The number of likely N-dealkylation sites (tertiary alicyclic amines) is 2. The molecule has 3 heterocycles. The fourth-order valence-electron chi connectivity index (χ4n) is 5.32. The van der Waals surface area contributed by atoms with Crippen molar-refractivity contribution in [1.82, 2.24) is 9.80 Å². The summed E-state index contributed by atoms with van der Waals surface area (Å²) in [5, 5.41) is 0. The van der Waals surface area contributed by atoms with E-state index in [1.165, 1.54) is 5.56 Å². The fourth-order valence-corrected chi connectivity index (χ4v) is 5.32. The van der Waals surface area contributed by atoms with Crippen molar-refractivity contribution in [3.63, 3.8) is 0 Å². The maximum atomic E-state index is 12.2. The van der Waals surface area contributed by atoms with Crippen LogP contribution in [0.1, 0.15) is 31.7 Å². The van der Waals surface area contributed by atoms with Crippen LogP contribution < -0.4 is 4.90 Å². The minimum atomic E-state index is -0.223. The van der Waals surface area contributed by atoms with Crippen LogP contribution in [-0.2, 0) is 19.7 Å². The van der Waals surface area contributed by atoms with Crippen molar-refractivity contribution in [3.05, 3.63) is 29.8 Å². The highest BCUT2D eigenvalue weighted by atomic mass is 16.6. The van der Waals surface area contributed by atoms with Gasteiger partial charge >= 0.3 is 6.09 Å². The Labute approximate surface area is 178 Å². The van der Waals surface area contributed by atoms with Crippen LogP contribution in [0.2, 0.25) is 0 Å². The summed E-state index contributed by atoms with van der Waals surface area (Å²) in [5.41, 5.74) is 2.52. The largest absolute Gasteiger partial charge is 0.447 e. The monoisotopic (exact) mass is 415 g/mol. The zero-order valence-electron chi connectivity index (χ0n) is 18.1. The van der Waals surface area contributed by atoms with Gasteiger partial charge in [0, 0.05) is 51.3 Å². The van der Waals surface area contributed by atoms with Crippen molar-refractivity contribution >= 4 is 17.7 Å². The molecule has 3 aliphatic heterocycles. The van der Waals surface area contributed by atoms with Crippen LogP contribution in [0.4, 0.5) is 10.5 Å². The van der Waals surface area contributed by atoms with Crippen molar-refractivity contribution in [2.24, 2.45) is 5.92 Å². The molecule has 30 heavy (non-hydrogen) atoms. The standard InChI is InChI=1S/C23H33N3O4/c1-18(27)26-17-23(20-5-3-4-6-21(20)26)8-11-24(12-9-23)15-19-7-10-25(16-19)22(28)30-14-13-29-2/h3-6,19H,7-17H2,1-2H3/t19-/m1/s1. The summed E-state index contributed by atoms with van der Waals surface area (Å²) in [4.78, 5) is 30.6. The highest BCUT2D eigenvalue weighted by Crippen LogP contribution is 2.47. The Morgan fingerprint density at radius 1 is 1.13 bits per heavy atom. The summed E-state index contributed by atoms with van der Waals surface area (Å²) in [7, 11) is 1.60. The van der Waals surface area contributed by atoms with Crippen LogP contribution in [0, 0.1) is 5.92 Å². The predicted molar refractivity (Wildman–Crippen MR) is 115 cm³/mol. The molecule has 0 N–H and O–H groups in total. The molecule has 0 unspecified atom stereocenters. The molecule has 0 bridgehead atoms. The Balaban J connectivity index is 1.30. The third-order valence-electron chi connectivity index (χ3n) is 6.99. The first-order valence-electron chi connectivity index (χ1n) is 11.0. The normalized spacial score (nSPS) is 23.1. The van der Waals surface area contributed by atoms with Gasteiger partial charge in [-0.15, -0.1) is 0 Å². The van der Waals surface area contributed by atoms with E-state index in [1.807, 2.05) is 15.9 Å². The molecule has 1 aromatic carbocycles. The Hall–Kier alpha value is -2.12. The van der Waals surface area contributed by atoms with Crippen LogP contribution >= 0.6 is 0 Å². The van der Waals surface area contributed by atoms with E-state index in [-0.39, 0.29) is 17.4 Å². The minimum absolute atomic E-state index is 0.0889. The summed E-state index contributed by atoms with van der Waals surface area (Å²) in [6.45, 7) is 7.85. The number of piperidine rings is 1. The highest BCUT2D eigenvalue weighted by molar-refractivity contribution is 5.94. The molecule has 2 fully saturated rings. The maximum Gasteiger partial charge on any atom is 0.409 e. The molecule has 7 heteroatoms. The van der Waals surface area contributed by atoms with Crippen molar-refractivity contribution in [1.29, 1.82) is 0 Å². The first-order valence-corrected chi connectivity index (χ1v) is 11.0. The second-order valence-electron chi connectivity index (χ2n) is 8.91. The van der Waals surface area contributed by atoms with E-state index in [0.717, 1.165) is 64.2 Å². The smallest absolute Gasteiger partial charge is 0.409 e. The molecule has 164 valence electrons. The molecule has 2 amide bonds. The van der Waals surface area contributed by atoms with Gasteiger partial charge in [0.2, 0.25) is 5.91 Å². The number of hydrogen-bond acceptors (Lipinski definition) is 5. The molecular formula is C23H33N3O4. The molecule has 3 aliphatic rings. The minimum Gasteiger partial charge on any atom is -0.447 e. The van der Waals surface area contributed by atoms with Gasteiger partial charge in [-0.2, -0.15) is 0 Å². The average molecular weight is 416 g/mol. The first kappa shape index (κ1) is 21.1. The number of rotatable bonds is 5. The zero-order chi connectivity index (χ0) is 21.1. The van der Waals surface area contributed by atoms with E-state index in [2.05, 4.69) is 23.1 Å². The Bertz CT molecular complexity index is 775. The number of hydrogen-bond donors (Lipinski definition) is 0. The Kier molecular flexibility index (Phi) is 6.29. The van der Waals surface area contributed by atoms with Gasteiger partial charge in [0.05, 0.1) is 6.61 Å². The van der Waals surface area contributed by atoms with E-state index in [0.29, 0.717) is 19.1 Å². The summed E-state index contributed by atoms with van der Waals surface area (Å²) >= 11 is 0. The zero-order valence-corrected chi connectivity index (χ0v) is 18.1. The van der Waals surface area contributed by atoms with Gasteiger partial charge in [0.1, 0.15) is 6.61 Å². The second-order valence-corrected chi connectivity index (χ2v) is 8.91. The lowest BCUT2D eigenvalue weighted by atomic mass is 9.74. The van der Waals surface area contributed by atoms with E-state index < -0.39 is 0 Å². The van der Waals surface area contributed by atoms with Crippen LogP contribution in [0.3, 0.4) is 0 Å². The molecule has 1 aromatic rings. The number of fused-ring (bicyclic) bond motifs is 2. The number of ether oxygens (including phenoxy) is 2. The topological polar surface area (TPSA) is 62.3 Å². The number of methoxy groups -OCH3 is 1. The summed E-state index contributed by atoms with van der Waals surface area (Å²) in [5.74, 6) is 0.629. The van der Waals surface area contributed by atoms with Gasteiger partial charge in [-0.05, 0) is 49.9 Å². The van der Waals surface area contributed by atoms with Gasteiger partial charge in [-0.1, -0.05) is 18.2 Å². The molecule has 0 aromatic heterocycles. The van der Waals surface area contributed by atoms with Gasteiger partial charge in [-0.3, -0.25) is 4.79 Å². The van der Waals surface area contributed by atoms with Crippen LogP contribution in [-0.4, -0.2) is 81.4 Å². The van der Waals surface area contributed by atoms with E-state index >= 15 is 0 Å². The Morgan fingerprint density at radius 3 is 2.63 bits per heavy atom. The van der Waals surface area contributed by atoms with Gasteiger partial charge in [0.15, 0.2) is 0 Å². The molecule has 0 saturated carbocycles. The van der Waals surface area contributed by atoms with Gasteiger partial charge in [-0.25, -0.2) is 4.79 Å². The number of amides is 2. The highest BCUT2D eigenvalue weighted by Gasteiger charge is 2.45. The molecule has 7 nitrogen and oxygen atoms in total. The van der Waals surface area contributed by atoms with Crippen LogP contribution in [0.25, 0.3) is 0 Å². The quantitative estimate of drug-likeness (QED) is 0.692. The molecule has 0 aliphatic carbocycles. The summed E-state index contributed by atoms with van der Waals surface area (Å²) in [6, 6.07) is 8.40. The SMILES string of the molecule is COCCOC(=O)N1CC[C@H](CN2CCC3(CC2)CN(C(C)=O)c2ccccc23)C1. The molecule has 1 atom stereocenters. The number of carbonyl (C=O) groups is 2. The van der Waals surface area contributed by atoms with E-state index in [1.54, 1.807) is 14.0 Å². The first-order chi connectivity index (χ1) is 14.5. The third-order valence-corrected chi connectivity index (χ3v) is 6.99. The van der Waals surface area contributed by atoms with Crippen LogP contribution in [0.15, 0.2) is 24.3 Å². The fraction of sp³-hybridized carbons (Fsp3) is 0.652. The number of para-hydroxylation sites is 1. The van der Waals surface area contributed by atoms with E-state index in [4.69, 9.17) is 9.47 Å². The van der Waals surface area contributed by atoms with Crippen molar-refractivity contribution in [2.45, 2.75) is 31.6 Å².